The predicted molar refractivity (Wildman–Crippen MR) is 131 cm³/mol. The van der Waals surface area contributed by atoms with Crippen molar-refractivity contribution < 1.29 is 46.1 Å². The summed E-state index contributed by atoms with van der Waals surface area (Å²) in [6.45, 7) is -0.0755. The SMILES string of the molecule is O=C(CNC(=O)c1cccc(C(F)(F)F)c1)N[C@H]1CN(C2CCC(O)(c3ccccc3C(F)(F)F)CC2)C[C@H]1O. The molecule has 1 aliphatic heterocycles. The van der Waals surface area contributed by atoms with E-state index in [-0.39, 0.29) is 43.1 Å². The highest BCUT2D eigenvalue weighted by atomic mass is 19.4. The van der Waals surface area contributed by atoms with Gasteiger partial charge in [-0.05, 0) is 55.5 Å². The number of rotatable bonds is 6. The summed E-state index contributed by atoms with van der Waals surface area (Å²) in [5.41, 5.74) is -3.91. The number of amides is 2. The molecule has 4 N–H and O–H groups in total. The number of alkyl halides is 6. The molecule has 40 heavy (non-hydrogen) atoms. The summed E-state index contributed by atoms with van der Waals surface area (Å²) in [7, 11) is 0. The maximum atomic E-state index is 13.5. The molecule has 1 saturated carbocycles. The highest BCUT2D eigenvalue weighted by molar-refractivity contribution is 5.96. The lowest BCUT2D eigenvalue weighted by Gasteiger charge is -2.40. The Labute approximate surface area is 226 Å². The Morgan fingerprint density at radius 1 is 0.950 bits per heavy atom. The van der Waals surface area contributed by atoms with Crippen LogP contribution in [-0.2, 0) is 22.7 Å². The van der Waals surface area contributed by atoms with Crippen LogP contribution in [0.2, 0.25) is 0 Å². The Bertz CT molecular complexity index is 1230. The normalized spacial score (nSPS) is 25.9. The Morgan fingerprint density at radius 3 is 2.27 bits per heavy atom. The number of aliphatic hydroxyl groups is 2. The van der Waals surface area contributed by atoms with E-state index in [1.165, 1.54) is 24.3 Å². The van der Waals surface area contributed by atoms with Crippen molar-refractivity contribution >= 4 is 11.8 Å². The second-order valence-corrected chi connectivity index (χ2v) is 10.3. The van der Waals surface area contributed by atoms with E-state index in [2.05, 4.69) is 10.6 Å². The summed E-state index contributed by atoms with van der Waals surface area (Å²) >= 11 is 0. The molecule has 7 nitrogen and oxygen atoms in total. The third-order valence-corrected chi connectivity index (χ3v) is 7.56. The van der Waals surface area contributed by atoms with Crippen molar-refractivity contribution in [3.63, 3.8) is 0 Å². The highest BCUT2D eigenvalue weighted by Gasteiger charge is 2.45. The van der Waals surface area contributed by atoms with Gasteiger partial charge in [-0.15, -0.1) is 0 Å². The van der Waals surface area contributed by atoms with Crippen LogP contribution >= 0.6 is 0 Å². The molecular formula is C27H29F6N3O4. The Balaban J connectivity index is 1.28. The number of carbonyl (C=O) groups is 2. The van der Waals surface area contributed by atoms with Gasteiger partial charge in [0.15, 0.2) is 0 Å². The zero-order valence-corrected chi connectivity index (χ0v) is 21.2. The van der Waals surface area contributed by atoms with Crippen molar-refractivity contribution in [3.05, 3.63) is 70.8 Å². The fourth-order valence-electron chi connectivity index (χ4n) is 5.46. The van der Waals surface area contributed by atoms with E-state index in [1.54, 1.807) is 0 Å². The third-order valence-electron chi connectivity index (χ3n) is 7.56. The number of halogens is 6. The second-order valence-electron chi connectivity index (χ2n) is 10.3. The van der Waals surface area contributed by atoms with Gasteiger partial charge in [-0.1, -0.05) is 24.3 Å². The van der Waals surface area contributed by atoms with Crippen LogP contribution in [0.1, 0.15) is 52.7 Å². The quantitative estimate of drug-likeness (QED) is 0.397. The molecule has 1 aliphatic carbocycles. The number of nitrogens with zero attached hydrogens (tertiary/aromatic N) is 1. The topological polar surface area (TPSA) is 102 Å². The number of aliphatic hydroxyl groups excluding tert-OH is 1. The molecule has 0 aromatic heterocycles. The van der Waals surface area contributed by atoms with Crippen molar-refractivity contribution in [2.75, 3.05) is 19.6 Å². The molecular weight excluding hydrogens is 544 g/mol. The Kier molecular flexibility index (Phi) is 8.48. The predicted octanol–water partition coefficient (Wildman–Crippen LogP) is 3.45. The molecule has 13 heteroatoms. The van der Waals surface area contributed by atoms with Gasteiger partial charge in [-0.2, -0.15) is 26.3 Å². The van der Waals surface area contributed by atoms with E-state index < -0.39 is 59.6 Å². The van der Waals surface area contributed by atoms with E-state index in [9.17, 15) is 46.1 Å². The largest absolute Gasteiger partial charge is 0.416 e. The number of carbonyl (C=O) groups excluding carboxylic acids is 2. The van der Waals surface area contributed by atoms with Gasteiger partial charge >= 0.3 is 12.4 Å². The first kappa shape index (κ1) is 29.8. The first-order valence-corrected chi connectivity index (χ1v) is 12.7. The molecule has 4 rings (SSSR count). The fraction of sp³-hybridized carbons (Fsp3) is 0.481. The molecule has 2 amide bonds. The van der Waals surface area contributed by atoms with Crippen molar-refractivity contribution in [3.8, 4) is 0 Å². The summed E-state index contributed by atoms with van der Waals surface area (Å²) in [5.74, 6) is -1.51. The minimum Gasteiger partial charge on any atom is -0.390 e. The molecule has 0 spiro atoms. The molecule has 2 fully saturated rings. The van der Waals surface area contributed by atoms with Gasteiger partial charge in [0.05, 0.1) is 35.4 Å². The van der Waals surface area contributed by atoms with E-state index >= 15 is 0 Å². The molecule has 2 aromatic rings. The van der Waals surface area contributed by atoms with E-state index in [0.29, 0.717) is 18.9 Å². The van der Waals surface area contributed by atoms with Crippen molar-refractivity contribution in [2.45, 2.75) is 61.8 Å². The van der Waals surface area contributed by atoms with Crippen LogP contribution in [-0.4, -0.2) is 64.7 Å². The number of nitrogens with one attached hydrogen (secondary N) is 2. The number of β-amino-alcohol motifs (C(OH)–C–C–N with tert-alkyl or cyclic N) is 1. The van der Waals surface area contributed by atoms with E-state index in [0.717, 1.165) is 18.2 Å². The summed E-state index contributed by atoms with van der Waals surface area (Å²) in [6.07, 6.45) is -9.23. The minimum atomic E-state index is -4.62. The summed E-state index contributed by atoms with van der Waals surface area (Å²) in [5, 5.41) is 26.4. The summed E-state index contributed by atoms with van der Waals surface area (Å²) in [6, 6.07) is 7.94. The maximum Gasteiger partial charge on any atom is 0.416 e. The number of hydrogen-bond acceptors (Lipinski definition) is 5. The first-order valence-electron chi connectivity index (χ1n) is 12.7. The van der Waals surface area contributed by atoms with Gasteiger partial charge < -0.3 is 20.8 Å². The molecule has 1 heterocycles. The van der Waals surface area contributed by atoms with Crippen LogP contribution in [0.4, 0.5) is 26.3 Å². The van der Waals surface area contributed by atoms with Crippen molar-refractivity contribution in [1.82, 2.24) is 15.5 Å². The first-order chi connectivity index (χ1) is 18.7. The molecule has 2 atom stereocenters. The maximum absolute atomic E-state index is 13.5. The van der Waals surface area contributed by atoms with Crippen LogP contribution in [0.15, 0.2) is 48.5 Å². The molecule has 2 aliphatic rings. The van der Waals surface area contributed by atoms with E-state index in [4.69, 9.17) is 0 Å². The highest BCUT2D eigenvalue weighted by Crippen LogP contribution is 2.44. The van der Waals surface area contributed by atoms with Gasteiger partial charge in [-0.25, -0.2) is 0 Å². The molecule has 218 valence electrons. The monoisotopic (exact) mass is 573 g/mol. The second kappa shape index (κ2) is 11.4. The van der Waals surface area contributed by atoms with Gasteiger partial charge in [0.1, 0.15) is 0 Å². The molecule has 0 bridgehead atoms. The van der Waals surface area contributed by atoms with Crippen LogP contribution in [0.5, 0.6) is 0 Å². The van der Waals surface area contributed by atoms with Crippen LogP contribution < -0.4 is 10.6 Å². The lowest BCUT2D eigenvalue weighted by atomic mass is 9.75. The van der Waals surface area contributed by atoms with Crippen molar-refractivity contribution in [2.24, 2.45) is 0 Å². The fourth-order valence-corrected chi connectivity index (χ4v) is 5.46. The average molecular weight is 574 g/mol. The van der Waals surface area contributed by atoms with Gasteiger partial charge in [0.25, 0.3) is 5.91 Å². The van der Waals surface area contributed by atoms with E-state index in [1.807, 2.05) is 4.90 Å². The molecule has 0 unspecified atom stereocenters. The lowest BCUT2D eigenvalue weighted by Crippen LogP contribution is -2.47. The molecule has 2 aromatic carbocycles. The van der Waals surface area contributed by atoms with Crippen LogP contribution in [0.25, 0.3) is 0 Å². The van der Waals surface area contributed by atoms with Crippen molar-refractivity contribution in [1.29, 1.82) is 0 Å². The number of hydrogen-bond donors (Lipinski definition) is 4. The lowest BCUT2D eigenvalue weighted by molar-refractivity contribution is -0.142. The minimum absolute atomic E-state index is 0.0932. The van der Waals surface area contributed by atoms with Crippen LogP contribution in [0.3, 0.4) is 0 Å². The zero-order valence-electron chi connectivity index (χ0n) is 21.2. The number of likely N-dealkylation sites (tertiary alicyclic amines) is 1. The molecule has 0 radical (unpaired) electrons. The smallest absolute Gasteiger partial charge is 0.390 e. The average Bonchev–Trinajstić information content (AvgIpc) is 3.26. The van der Waals surface area contributed by atoms with Gasteiger partial charge in [0.2, 0.25) is 5.91 Å². The Morgan fingerprint density at radius 2 is 1.62 bits per heavy atom. The summed E-state index contributed by atoms with van der Waals surface area (Å²) < 4.78 is 79.1. The third kappa shape index (κ3) is 6.76. The zero-order chi connectivity index (χ0) is 29.3. The van der Waals surface area contributed by atoms with Gasteiger partial charge in [0, 0.05) is 24.7 Å². The standard InChI is InChI=1S/C27H29F6N3O4/c28-26(29,30)17-5-3-4-16(12-17)24(39)34-13-23(38)35-21-14-36(15-22(21)37)18-8-10-25(40,11-9-18)19-6-1-2-7-20(19)27(31,32)33/h1-7,12,18,21-22,37,40H,8-11,13-15H2,(H,34,39)(H,35,38)/t18?,21-,22+,25?/m0/s1. The molecule has 1 saturated heterocycles. The van der Waals surface area contributed by atoms with Crippen LogP contribution in [0, 0.1) is 0 Å². The van der Waals surface area contributed by atoms with Gasteiger partial charge in [-0.3, -0.25) is 14.5 Å². The Hall–Kier alpha value is -3.16. The summed E-state index contributed by atoms with van der Waals surface area (Å²) in [4.78, 5) is 26.5. The number of benzene rings is 2.